The molecule has 0 amide bonds. The molecule has 2 saturated carbocycles. The highest BCUT2D eigenvalue weighted by atomic mass is 19.1. The van der Waals surface area contributed by atoms with Crippen molar-refractivity contribution in [2.45, 2.75) is 56.7 Å². The maximum Gasteiger partial charge on any atom is 0.339 e. The molecule has 37 heavy (non-hydrogen) atoms. The largest absolute Gasteiger partial charge is 0.467 e. The number of esters is 1. The van der Waals surface area contributed by atoms with Gasteiger partial charge in [-0.3, -0.25) is 0 Å². The molecule has 0 radical (unpaired) electrons. The molecule has 3 aromatic rings. The Labute approximate surface area is 215 Å². The van der Waals surface area contributed by atoms with Crippen molar-refractivity contribution < 1.29 is 24.1 Å². The van der Waals surface area contributed by atoms with Gasteiger partial charge in [0.2, 0.25) is 0 Å². The van der Waals surface area contributed by atoms with Gasteiger partial charge < -0.3 is 14.9 Å². The van der Waals surface area contributed by atoms with Crippen molar-refractivity contribution in [1.29, 1.82) is 0 Å². The van der Waals surface area contributed by atoms with Crippen LogP contribution in [0.4, 0.5) is 4.39 Å². The smallest absolute Gasteiger partial charge is 0.339 e. The van der Waals surface area contributed by atoms with Crippen molar-refractivity contribution in [3.63, 3.8) is 0 Å². The van der Waals surface area contributed by atoms with Crippen molar-refractivity contribution >= 4 is 12.0 Å². The summed E-state index contributed by atoms with van der Waals surface area (Å²) in [5, 5.41) is 27.4. The summed E-state index contributed by atoms with van der Waals surface area (Å²) in [6, 6.07) is 13.7. The third-order valence-electron chi connectivity index (χ3n) is 8.81. The molecule has 0 spiro atoms. The fourth-order valence-corrected chi connectivity index (χ4v) is 6.82. The molecule has 1 unspecified atom stereocenters. The van der Waals surface area contributed by atoms with Gasteiger partial charge in [0, 0.05) is 5.41 Å². The topological polar surface area (TPSA) is 84.6 Å². The van der Waals surface area contributed by atoms with E-state index in [1.165, 1.54) is 24.8 Å². The Bertz CT molecular complexity index is 1380. The number of carbonyl (C=O) groups excluding carboxylic acids is 1. The van der Waals surface area contributed by atoms with Crippen LogP contribution in [0, 0.1) is 17.2 Å². The minimum absolute atomic E-state index is 0.280. The first-order chi connectivity index (χ1) is 17.9. The van der Waals surface area contributed by atoms with E-state index in [-0.39, 0.29) is 11.2 Å². The molecule has 3 atom stereocenters. The van der Waals surface area contributed by atoms with Crippen LogP contribution in [0.5, 0.6) is 0 Å². The Hall–Kier alpha value is -3.29. The number of fused-ring (bicyclic) bond motifs is 2. The number of halogens is 1. The van der Waals surface area contributed by atoms with Crippen molar-refractivity contribution in [2.75, 3.05) is 7.11 Å². The second-order valence-corrected chi connectivity index (χ2v) is 10.7. The van der Waals surface area contributed by atoms with E-state index in [1.807, 2.05) is 23.0 Å². The summed E-state index contributed by atoms with van der Waals surface area (Å²) in [7, 11) is 1.26. The van der Waals surface area contributed by atoms with E-state index in [1.54, 1.807) is 24.3 Å². The van der Waals surface area contributed by atoms with Crippen LogP contribution in [0.25, 0.3) is 11.8 Å². The minimum atomic E-state index is -1.35. The lowest BCUT2D eigenvalue weighted by atomic mass is 9.61. The number of methoxy groups -OCH3 is 1. The fourth-order valence-electron chi connectivity index (χ4n) is 6.82. The monoisotopic (exact) mass is 502 g/mol. The first kappa shape index (κ1) is 24.1. The van der Waals surface area contributed by atoms with Gasteiger partial charge in [-0.15, -0.1) is 0 Å². The van der Waals surface area contributed by atoms with Gasteiger partial charge in [-0.25, -0.2) is 13.9 Å². The summed E-state index contributed by atoms with van der Waals surface area (Å²) in [5.41, 5.74) is 4.32. The molecule has 1 heterocycles. The van der Waals surface area contributed by atoms with Crippen LogP contribution in [-0.2, 0) is 22.4 Å². The Morgan fingerprint density at radius 3 is 2.70 bits per heavy atom. The molecule has 0 bridgehead atoms. The standard InChI is InChI=1S/C30H31FN2O4/c1-37-28(35)27(34)25-5-3-2-4-19(25)12-14-29(36)15-13-22-16-26-20(17-30(22,29)21-6-7-21)18-32-33(26)24-10-8-23(31)9-11-24/h2-5,8-11,16,18,21,27,34,36H,6-7,12-15,17H2,1H3/t27?,29-,30-/m1/s1. The zero-order valence-electron chi connectivity index (χ0n) is 20.9. The van der Waals surface area contributed by atoms with Gasteiger partial charge in [0.25, 0.3) is 0 Å². The number of aryl methyl sites for hydroxylation is 1. The van der Waals surface area contributed by atoms with Gasteiger partial charge >= 0.3 is 5.97 Å². The number of hydrogen-bond acceptors (Lipinski definition) is 5. The molecule has 2 fully saturated rings. The van der Waals surface area contributed by atoms with E-state index >= 15 is 0 Å². The third-order valence-corrected chi connectivity index (χ3v) is 8.81. The quantitative estimate of drug-likeness (QED) is 0.457. The van der Waals surface area contributed by atoms with Crippen molar-refractivity contribution in [3.8, 4) is 5.69 Å². The molecular formula is C30H31FN2O4. The van der Waals surface area contributed by atoms with Gasteiger partial charge in [-0.05, 0) is 97.9 Å². The van der Waals surface area contributed by atoms with Gasteiger partial charge in [0.15, 0.2) is 6.10 Å². The maximum atomic E-state index is 13.5. The lowest BCUT2D eigenvalue weighted by Crippen LogP contribution is -2.49. The van der Waals surface area contributed by atoms with Gasteiger partial charge in [0.05, 0.1) is 30.3 Å². The predicted molar refractivity (Wildman–Crippen MR) is 136 cm³/mol. The summed E-state index contributed by atoms with van der Waals surface area (Å²) in [6.07, 6.45) is 8.23. The molecule has 6 nitrogen and oxygen atoms in total. The van der Waals surface area contributed by atoms with Crippen LogP contribution in [0.1, 0.15) is 60.6 Å². The molecule has 7 heteroatoms. The normalized spacial score (nSPS) is 25.2. The second kappa shape index (κ2) is 8.92. The van der Waals surface area contributed by atoms with Crippen molar-refractivity contribution in [3.05, 3.63) is 88.5 Å². The molecule has 1 aromatic heterocycles. The molecule has 3 aliphatic carbocycles. The highest BCUT2D eigenvalue weighted by molar-refractivity contribution is 5.76. The van der Waals surface area contributed by atoms with Crippen molar-refractivity contribution in [2.24, 2.45) is 11.3 Å². The average Bonchev–Trinajstić information content (AvgIpc) is 3.64. The van der Waals surface area contributed by atoms with E-state index in [0.717, 1.165) is 48.2 Å². The average molecular weight is 503 g/mol. The van der Waals surface area contributed by atoms with E-state index in [0.29, 0.717) is 30.7 Å². The number of rotatable bonds is 7. The summed E-state index contributed by atoms with van der Waals surface area (Å²) >= 11 is 0. The molecule has 192 valence electrons. The van der Waals surface area contributed by atoms with Crippen LogP contribution in [-0.4, -0.2) is 38.7 Å². The van der Waals surface area contributed by atoms with E-state index < -0.39 is 17.7 Å². The van der Waals surface area contributed by atoms with E-state index in [2.05, 4.69) is 11.2 Å². The Balaban J connectivity index is 1.32. The Kier molecular flexibility index (Phi) is 5.81. The molecule has 2 N–H and O–H groups in total. The van der Waals surface area contributed by atoms with Crippen LogP contribution >= 0.6 is 0 Å². The molecular weight excluding hydrogens is 471 g/mol. The Morgan fingerprint density at radius 2 is 1.97 bits per heavy atom. The van der Waals surface area contributed by atoms with Crippen LogP contribution < -0.4 is 0 Å². The van der Waals surface area contributed by atoms with Crippen molar-refractivity contribution in [1.82, 2.24) is 9.78 Å². The predicted octanol–water partition coefficient (Wildman–Crippen LogP) is 4.71. The fraction of sp³-hybridized carbons (Fsp3) is 0.400. The lowest BCUT2D eigenvalue weighted by molar-refractivity contribution is -0.150. The van der Waals surface area contributed by atoms with Crippen LogP contribution in [0.3, 0.4) is 0 Å². The van der Waals surface area contributed by atoms with Crippen LogP contribution in [0.15, 0.2) is 60.3 Å². The number of hydrogen-bond donors (Lipinski definition) is 2. The van der Waals surface area contributed by atoms with Gasteiger partial charge in [-0.1, -0.05) is 29.8 Å². The first-order valence-corrected chi connectivity index (χ1v) is 13.0. The SMILES string of the molecule is COC(=O)C(O)c1ccccc1CC[C@@]1(O)CCC2=Cc3c(cnn3-c3ccc(F)cc3)C[C@@]21C1CC1. The number of nitrogens with zero attached hydrogens (tertiary/aromatic N) is 2. The highest BCUT2D eigenvalue weighted by Crippen LogP contribution is 2.66. The number of ether oxygens (including phenoxy) is 1. The van der Waals surface area contributed by atoms with E-state index in [9.17, 15) is 19.4 Å². The summed E-state index contributed by atoms with van der Waals surface area (Å²) in [5.74, 6) is -0.549. The molecule has 6 rings (SSSR count). The van der Waals surface area contributed by atoms with Gasteiger partial charge in [-0.2, -0.15) is 5.10 Å². The highest BCUT2D eigenvalue weighted by Gasteiger charge is 2.63. The molecule has 0 aliphatic heterocycles. The number of aliphatic hydroxyl groups is 2. The molecule has 2 aromatic carbocycles. The number of carbonyl (C=O) groups is 1. The number of aliphatic hydroxyl groups excluding tert-OH is 1. The van der Waals surface area contributed by atoms with Crippen LogP contribution in [0.2, 0.25) is 0 Å². The third kappa shape index (κ3) is 3.83. The minimum Gasteiger partial charge on any atom is -0.467 e. The Morgan fingerprint density at radius 1 is 1.22 bits per heavy atom. The lowest BCUT2D eigenvalue weighted by Gasteiger charge is -2.46. The summed E-state index contributed by atoms with van der Waals surface area (Å²) in [6.45, 7) is 0. The zero-order valence-corrected chi connectivity index (χ0v) is 20.9. The summed E-state index contributed by atoms with van der Waals surface area (Å²) in [4.78, 5) is 12.0. The van der Waals surface area contributed by atoms with E-state index in [4.69, 9.17) is 4.74 Å². The maximum absolute atomic E-state index is 13.5. The first-order valence-electron chi connectivity index (χ1n) is 13.0. The second-order valence-electron chi connectivity index (χ2n) is 10.7. The van der Waals surface area contributed by atoms with Gasteiger partial charge in [0.1, 0.15) is 5.82 Å². The number of aromatic nitrogens is 2. The summed E-state index contributed by atoms with van der Waals surface area (Å²) < 4.78 is 20.1. The molecule has 3 aliphatic rings. The number of benzene rings is 2. The zero-order chi connectivity index (χ0) is 25.8. The molecule has 0 saturated heterocycles.